The Bertz CT molecular complexity index is 562. The average molecular weight is 298 g/mol. The third-order valence-corrected chi connectivity index (χ3v) is 6.02. The molecule has 6 heteroatoms. The van der Waals surface area contributed by atoms with Crippen LogP contribution in [0.4, 0.5) is 0 Å². The lowest BCUT2D eigenvalue weighted by Gasteiger charge is -2.41. The van der Waals surface area contributed by atoms with Crippen LogP contribution in [0.2, 0.25) is 0 Å². The van der Waals surface area contributed by atoms with Gasteiger partial charge in [-0.1, -0.05) is 18.2 Å². The summed E-state index contributed by atoms with van der Waals surface area (Å²) in [5.41, 5.74) is 0.451. The molecule has 1 aliphatic rings. The van der Waals surface area contributed by atoms with Gasteiger partial charge in [0.25, 0.3) is 0 Å². The Morgan fingerprint density at radius 3 is 2.30 bits per heavy atom. The van der Waals surface area contributed by atoms with Gasteiger partial charge in [0.2, 0.25) is 10.0 Å². The minimum atomic E-state index is -3.55. The second-order valence-electron chi connectivity index (χ2n) is 5.45. The van der Waals surface area contributed by atoms with E-state index in [0.29, 0.717) is 18.7 Å². The van der Waals surface area contributed by atoms with E-state index in [1.165, 1.54) is 4.31 Å². The largest absolute Gasteiger partial charge is 0.392 e. The predicted octanol–water partition coefficient (Wildman–Crippen LogP) is 0.892. The highest BCUT2D eigenvalue weighted by Crippen LogP contribution is 2.24. The summed E-state index contributed by atoms with van der Waals surface area (Å²) in [4.78, 5) is 2.40. The quantitative estimate of drug-likeness (QED) is 0.900. The maximum atomic E-state index is 12.8. The summed E-state index contributed by atoms with van der Waals surface area (Å²) in [7, 11) is -1.53. The van der Waals surface area contributed by atoms with Gasteiger partial charge < -0.3 is 5.11 Å². The number of hydrogen-bond donors (Lipinski definition) is 1. The van der Waals surface area contributed by atoms with Gasteiger partial charge in [-0.3, -0.25) is 4.90 Å². The van der Waals surface area contributed by atoms with Gasteiger partial charge >= 0.3 is 0 Å². The van der Waals surface area contributed by atoms with Crippen molar-refractivity contribution in [1.82, 2.24) is 9.21 Å². The smallest absolute Gasteiger partial charge is 0.243 e. The summed E-state index contributed by atoms with van der Waals surface area (Å²) < 4.78 is 27.0. The maximum absolute atomic E-state index is 12.8. The molecule has 0 aromatic heterocycles. The molecule has 5 nitrogen and oxygen atoms in total. The average Bonchev–Trinajstić information content (AvgIpc) is 2.44. The van der Waals surface area contributed by atoms with Gasteiger partial charge in [-0.25, -0.2) is 8.42 Å². The molecule has 0 amide bonds. The fourth-order valence-electron chi connectivity index (χ4n) is 2.58. The molecule has 1 heterocycles. The van der Waals surface area contributed by atoms with Crippen LogP contribution in [0.5, 0.6) is 0 Å². The summed E-state index contributed by atoms with van der Waals surface area (Å²) in [6.45, 7) is 4.73. The van der Waals surface area contributed by atoms with E-state index in [9.17, 15) is 13.5 Å². The molecule has 2 rings (SSSR count). The highest BCUT2D eigenvalue weighted by atomic mass is 32.2. The van der Waals surface area contributed by atoms with E-state index in [4.69, 9.17) is 0 Å². The van der Waals surface area contributed by atoms with Crippen molar-refractivity contribution in [2.45, 2.75) is 37.4 Å². The zero-order valence-electron chi connectivity index (χ0n) is 12.2. The topological polar surface area (TPSA) is 60.9 Å². The lowest BCUT2D eigenvalue weighted by molar-refractivity contribution is 0.105. The van der Waals surface area contributed by atoms with Crippen LogP contribution in [0.25, 0.3) is 0 Å². The Balaban J connectivity index is 2.36. The van der Waals surface area contributed by atoms with Crippen molar-refractivity contribution in [1.29, 1.82) is 0 Å². The van der Waals surface area contributed by atoms with E-state index in [2.05, 4.69) is 4.90 Å². The van der Waals surface area contributed by atoms with Crippen molar-refractivity contribution in [2.24, 2.45) is 0 Å². The minimum Gasteiger partial charge on any atom is -0.392 e. The van der Waals surface area contributed by atoms with Crippen LogP contribution in [-0.4, -0.2) is 55.0 Å². The van der Waals surface area contributed by atoms with Gasteiger partial charge in [0.15, 0.2) is 0 Å². The Morgan fingerprint density at radius 1 is 1.20 bits per heavy atom. The molecule has 0 spiro atoms. The normalized spacial score (nSPS) is 25.8. The number of aliphatic hydroxyl groups is 1. The molecule has 2 atom stereocenters. The van der Waals surface area contributed by atoms with Crippen molar-refractivity contribution < 1.29 is 13.5 Å². The van der Waals surface area contributed by atoms with Crippen molar-refractivity contribution in [3.05, 3.63) is 29.8 Å². The summed E-state index contributed by atoms with van der Waals surface area (Å²) in [6.07, 6.45) is 0. The number of likely N-dealkylation sites (N-methyl/N-ethyl adjacent to an activating group) is 1. The molecule has 0 saturated carbocycles. The molecule has 1 aliphatic heterocycles. The second kappa shape index (κ2) is 5.81. The SMILES string of the molecule is CC1CN(S(=O)(=O)c2ccccc2CO)CC(C)N1C. The highest BCUT2D eigenvalue weighted by Gasteiger charge is 2.35. The zero-order chi connectivity index (χ0) is 14.9. The number of rotatable bonds is 3. The van der Waals surface area contributed by atoms with Gasteiger partial charge in [0, 0.05) is 25.2 Å². The Hall–Kier alpha value is -0.950. The van der Waals surface area contributed by atoms with Crippen molar-refractivity contribution >= 4 is 10.0 Å². The van der Waals surface area contributed by atoms with Crippen LogP contribution in [0.3, 0.4) is 0 Å². The van der Waals surface area contributed by atoms with Crippen LogP contribution >= 0.6 is 0 Å². The molecule has 0 bridgehead atoms. The van der Waals surface area contributed by atoms with Gasteiger partial charge in [-0.05, 0) is 32.5 Å². The van der Waals surface area contributed by atoms with Crippen molar-refractivity contribution in [3.63, 3.8) is 0 Å². The molecule has 1 saturated heterocycles. The summed E-state index contributed by atoms with van der Waals surface area (Å²) in [5.74, 6) is 0. The molecule has 112 valence electrons. The molecular weight excluding hydrogens is 276 g/mol. The van der Waals surface area contributed by atoms with Crippen LogP contribution in [0.1, 0.15) is 19.4 Å². The molecule has 1 aromatic rings. The summed E-state index contributed by atoms with van der Waals surface area (Å²) >= 11 is 0. The Labute approximate surface area is 120 Å². The molecule has 1 aromatic carbocycles. The van der Waals surface area contributed by atoms with Gasteiger partial charge in [-0.15, -0.1) is 0 Å². The van der Waals surface area contributed by atoms with Gasteiger partial charge in [0.05, 0.1) is 11.5 Å². The number of hydrogen-bond acceptors (Lipinski definition) is 4. The van der Waals surface area contributed by atoms with Crippen LogP contribution in [0.15, 0.2) is 29.2 Å². The Kier molecular flexibility index (Phi) is 4.49. The number of sulfonamides is 1. The Morgan fingerprint density at radius 2 is 1.75 bits per heavy atom. The molecular formula is C14H22N2O3S. The van der Waals surface area contributed by atoms with E-state index in [1.807, 2.05) is 20.9 Å². The first-order valence-electron chi connectivity index (χ1n) is 6.78. The second-order valence-corrected chi connectivity index (χ2v) is 7.36. The summed E-state index contributed by atoms with van der Waals surface area (Å²) in [6, 6.07) is 6.99. The monoisotopic (exact) mass is 298 g/mol. The maximum Gasteiger partial charge on any atom is 0.243 e. The standard InChI is InChI=1S/C14H22N2O3S/c1-11-8-16(9-12(2)15(11)3)20(18,19)14-7-5-4-6-13(14)10-17/h4-7,11-12,17H,8-10H2,1-3H3. The van der Waals surface area contributed by atoms with Crippen molar-refractivity contribution in [2.75, 3.05) is 20.1 Å². The van der Waals surface area contributed by atoms with Crippen LogP contribution < -0.4 is 0 Å². The number of benzene rings is 1. The van der Waals surface area contributed by atoms with E-state index < -0.39 is 10.0 Å². The molecule has 20 heavy (non-hydrogen) atoms. The lowest BCUT2D eigenvalue weighted by atomic mass is 10.1. The van der Waals surface area contributed by atoms with Gasteiger partial charge in [0.1, 0.15) is 0 Å². The number of piperazine rings is 1. The lowest BCUT2D eigenvalue weighted by Crippen LogP contribution is -2.56. The fraction of sp³-hybridized carbons (Fsp3) is 0.571. The molecule has 1 N–H and O–H groups in total. The molecule has 2 unspecified atom stereocenters. The van der Waals surface area contributed by atoms with Crippen molar-refractivity contribution in [3.8, 4) is 0 Å². The number of aliphatic hydroxyl groups excluding tert-OH is 1. The van der Waals surface area contributed by atoms with E-state index in [-0.39, 0.29) is 23.6 Å². The molecule has 0 radical (unpaired) electrons. The third kappa shape index (κ3) is 2.74. The van der Waals surface area contributed by atoms with E-state index in [0.717, 1.165) is 0 Å². The molecule has 0 aliphatic carbocycles. The van der Waals surface area contributed by atoms with Crippen LogP contribution in [0, 0.1) is 0 Å². The van der Waals surface area contributed by atoms with E-state index in [1.54, 1.807) is 24.3 Å². The first-order valence-corrected chi connectivity index (χ1v) is 8.22. The minimum absolute atomic E-state index is 0.176. The summed E-state index contributed by atoms with van der Waals surface area (Å²) in [5, 5.41) is 9.33. The zero-order valence-corrected chi connectivity index (χ0v) is 13.0. The fourth-order valence-corrected chi connectivity index (χ4v) is 4.39. The first-order chi connectivity index (χ1) is 9.37. The highest BCUT2D eigenvalue weighted by molar-refractivity contribution is 7.89. The predicted molar refractivity (Wildman–Crippen MR) is 77.8 cm³/mol. The van der Waals surface area contributed by atoms with Gasteiger partial charge in [-0.2, -0.15) is 4.31 Å². The van der Waals surface area contributed by atoms with E-state index >= 15 is 0 Å². The molecule has 1 fully saturated rings. The van der Waals surface area contributed by atoms with Crippen LogP contribution in [-0.2, 0) is 16.6 Å². The first kappa shape index (κ1) is 15.4. The number of nitrogens with zero attached hydrogens (tertiary/aromatic N) is 2. The third-order valence-electron chi connectivity index (χ3n) is 4.09.